The van der Waals surface area contributed by atoms with Crippen molar-refractivity contribution in [1.29, 1.82) is 0 Å². The van der Waals surface area contributed by atoms with Crippen LogP contribution in [0, 0.1) is 11.3 Å². The highest BCUT2D eigenvalue weighted by Gasteiger charge is 2.67. The fourth-order valence-corrected chi connectivity index (χ4v) is 7.96. The van der Waals surface area contributed by atoms with E-state index in [4.69, 9.17) is 9.47 Å². The van der Waals surface area contributed by atoms with Crippen molar-refractivity contribution in [2.45, 2.75) is 75.4 Å². The number of likely N-dealkylation sites (tertiary alicyclic amines) is 1. The number of nitrogens with zero attached hydrogens (tertiary/aromatic N) is 3. The molecule has 6 rings (SSSR count). The van der Waals surface area contributed by atoms with E-state index in [1.165, 1.54) is 0 Å². The van der Waals surface area contributed by atoms with Gasteiger partial charge in [-0.3, -0.25) is 34.3 Å². The number of hydrogen-bond acceptors (Lipinski definition) is 11. The molecule has 3 N–H and O–H groups in total. The first kappa shape index (κ1) is 34.3. The lowest BCUT2D eigenvalue weighted by Gasteiger charge is -2.34. The Bertz CT molecular complexity index is 1880. The molecule has 1 aromatic carbocycles. The molecule has 0 unspecified atom stereocenters. The number of carbonyl (C=O) groups is 3. The van der Waals surface area contributed by atoms with E-state index in [-0.39, 0.29) is 19.4 Å². The number of carbonyl (C=O) groups excluding carboxylic acids is 3. The third-order valence-electron chi connectivity index (χ3n) is 9.50. The van der Waals surface area contributed by atoms with Gasteiger partial charge in [0.2, 0.25) is 27.7 Å². The van der Waals surface area contributed by atoms with Crippen molar-refractivity contribution >= 4 is 44.2 Å². The summed E-state index contributed by atoms with van der Waals surface area (Å²) in [6.07, 6.45) is 7.13. The highest BCUT2D eigenvalue weighted by molar-refractivity contribution is 7.91. The van der Waals surface area contributed by atoms with E-state index < -0.39 is 68.1 Å². The van der Waals surface area contributed by atoms with Gasteiger partial charge in [0.25, 0.3) is 5.91 Å². The van der Waals surface area contributed by atoms with Gasteiger partial charge in [-0.15, -0.1) is 6.58 Å². The highest BCUT2D eigenvalue weighted by atomic mass is 32.2. The Labute approximate surface area is 285 Å². The van der Waals surface area contributed by atoms with E-state index in [2.05, 4.69) is 31.9 Å². The molecular formula is C35H42N6O7S. The molecule has 5 atom stereocenters. The molecule has 14 heteroatoms. The summed E-state index contributed by atoms with van der Waals surface area (Å²) in [5, 5.41) is 6.73. The van der Waals surface area contributed by atoms with Gasteiger partial charge in [0.15, 0.2) is 0 Å². The number of methoxy groups -OCH3 is 1. The van der Waals surface area contributed by atoms with Crippen molar-refractivity contribution < 1.29 is 32.3 Å². The topological polar surface area (TPSA) is 169 Å². The van der Waals surface area contributed by atoms with Crippen molar-refractivity contribution in [2.75, 3.05) is 19.0 Å². The maximum atomic E-state index is 14.2. The van der Waals surface area contributed by atoms with Gasteiger partial charge in [-0.1, -0.05) is 26.8 Å². The van der Waals surface area contributed by atoms with Gasteiger partial charge in [-0.05, 0) is 66.5 Å². The Balaban J connectivity index is 1.30. The molecule has 3 fully saturated rings. The number of fused-ring (bicyclic) bond motifs is 1. The molecule has 49 heavy (non-hydrogen) atoms. The molecule has 2 aliphatic carbocycles. The summed E-state index contributed by atoms with van der Waals surface area (Å²) in [4.78, 5) is 52.1. The molecule has 0 radical (unpaired) electrons. The summed E-state index contributed by atoms with van der Waals surface area (Å²) in [5.74, 6) is -1.31. The SMILES string of the molecule is C=C[C@@H]1C[C@@]1(C(=O)NS(=O)(=O)C1CC1)N1C[C@H](Oc2nccc3cc(OC)ccc23)C[C@H]1C(=O)NC(=O)[C@H](Nc1cccnc1)C(C)(C)C. The zero-order chi connectivity index (χ0) is 35.1. The van der Waals surface area contributed by atoms with Gasteiger partial charge < -0.3 is 14.8 Å². The molecule has 2 saturated carbocycles. The lowest BCUT2D eigenvalue weighted by atomic mass is 9.86. The predicted octanol–water partition coefficient (Wildman–Crippen LogP) is 3.18. The fraction of sp³-hybridized carbons (Fsp3) is 0.457. The average Bonchev–Trinajstić information content (AvgIpc) is 4.00. The number of sulfonamides is 1. The van der Waals surface area contributed by atoms with Crippen molar-refractivity contribution in [1.82, 2.24) is 24.9 Å². The molecule has 1 aliphatic heterocycles. The van der Waals surface area contributed by atoms with Gasteiger partial charge in [0, 0.05) is 42.9 Å². The first-order valence-electron chi connectivity index (χ1n) is 16.3. The lowest BCUT2D eigenvalue weighted by molar-refractivity contribution is -0.136. The number of imide groups is 1. The Kier molecular flexibility index (Phi) is 9.14. The van der Waals surface area contributed by atoms with Crippen molar-refractivity contribution in [3.05, 3.63) is 67.6 Å². The first-order valence-corrected chi connectivity index (χ1v) is 17.9. The second kappa shape index (κ2) is 13.0. The number of rotatable bonds is 12. The van der Waals surface area contributed by atoms with Crippen LogP contribution in [0.5, 0.6) is 11.6 Å². The van der Waals surface area contributed by atoms with Crippen LogP contribution in [-0.4, -0.2) is 83.6 Å². The van der Waals surface area contributed by atoms with E-state index >= 15 is 0 Å². The van der Waals surface area contributed by atoms with Crippen LogP contribution < -0.4 is 24.8 Å². The van der Waals surface area contributed by atoms with Gasteiger partial charge in [-0.25, -0.2) is 13.4 Å². The summed E-state index contributed by atoms with van der Waals surface area (Å²) >= 11 is 0. The zero-order valence-electron chi connectivity index (χ0n) is 28.0. The van der Waals surface area contributed by atoms with Crippen molar-refractivity contribution in [3.8, 4) is 11.6 Å². The number of amides is 3. The Hall–Kier alpha value is -4.56. The van der Waals surface area contributed by atoms with Crippen LogP contribution in [-0.2, 0) is 24.4 Å². The number of ether oxygens (including phenoxy) is 2. The van der Waals surface area contributed by atoms with Crippen molar-refractivity contribution in [2.24, 2.45) is 11.3 Å². The zero-order valence-corrected chi connectivity index (χ0v) is 28.8. The monoisotopic (exact) mass is 690 g/mol. The van der Waals surface area contributed by atoms with Crippen LogP contribution in [0.1, 0.15) is 46.5 Å². The molecule has 260 valence electrons. The summed E-state index contributed by atoms with van der Waals surface area (Å²) < 4.78 is 39.9. The fourth-order valence-electron chi connectivity index (χ4n) is 6.60. The normalized spacial score (nSPS) is 24.4. The van der Waals surface area contributed by atoms with Crippen LogP contribution in [0.3, 0.4) is 0 Å². The third kappa shape index (κ3) is 6.97. The molecule has 1 saturated heterocycles. The van der Waals surface area contributed by atoms with E-state index in [1.54, 1.807) is 54.9 Å². The molecule has 3 aromatic rings. The van der Waals surface area contributed by atoms with Crippen LogP contribution in [0.15, 0.2) is 67.6 Å². The van der Waals surface area contributed by atoms with Gasteiger partial charge >= 0.3 is 0 Å². The quantitative estimate of drug-likeness (QED) is 0.239. The number of aromatic nitrogens is 2. The summed E-state index contributed by atoms with van der Waals surface area (Å²) in [6.45, 7) is 9.61. The van der Waals surface area contributed by atoms with Gasteiger partial charge in [-0.2, -0.15) is 0 Å². The third-order valence-corrected chi connectivity index (χ3v) is 11.3. The maximum Gasteiger partial charge on any atom is 0.254 e. The standard InChI is InChI=1S/C35H42N6O7S/c1-6-22-18-35(22,33(44)40-49(45,46)26-10-11-26)41-20-25(48-32-27-12-9-24(47-5)16-21(27)13-15-37-32)17-28(41)30(42)39-31(43)29(34(2,3)4)38-23-8-7-14-36-19-23/h6-9,12-16,19,22,25-26,28-29,38H,1,10-11,17-18,20H2,2-5H3,(H,40,44)(H,39,42,43)/t22-,25-,28+,29+,35-/m1/s1. The Morgan fingerprint density at radius 1 is 1.14 bits per heavy atom. The molecule has 0 bridgehead atoms. The van der Waals surface area contributed by atoms with Crippen LogP contribution in [0.4, 0.5) is 5.69 Å². The summed E-state index contributed by atoms with van der Waals surface area (Å²) in [5.41, 5.74) is -1.36. The second-order valence-corrected chi connectivity index (χ2v) is 16.0. The molecule has 0 spiro atoms. The second-order valence-electron chi connectivity index (χ2n) is 14.0. The van der Waals surface area contributed by atoms with Gasteiger partial charge in [0.05, 0.1) is 24.1 Å². The van der Waals surface area contributed by atoms with Crippen molar-refractivity contribution in [3.63, 3.8) is 0 Å². The average molecular weight is 691 g/mol. The number of pyridine rings is 2. The van der Waals surface area contributed by atoms with Crippen LogP contribution in [0.25, 0.3) is 10.8 Å². The van der Waals surface area contributed by atoms with Crippen LogP contribution >= 0.6 is 0 Å². The molecule has 13 nitrogen and oxygen atoms in total. The van der Waals surface area contributed by atoms with E-state index in [0.29, 0.717) is 30.2 Å². The molecular weight excluding hydrogens is 648 g/mol. The Morgan fingerprint density at radius 3 is 2.55 bits per heavy atom. The highest BCUT2D eigenvalue weighted by Crippen LogP contribution is 2.53. The summed E-state index contributed by atoms with van der Waals surface area (Å²) in [7, 11) is -2.30. The lowest BCUT2D eigenvalue weighted by Crippen LogP contribution is -2.59. The predicted molar refractivity (Wildman–Crippen MR) is 183 cm³/mol. The minimum atomic E-state index is -3.88. The maximum absolute atomic E-state index is 14.2. The number of hydrogen-bond donors (Lipinski definition) is 3. The van der Waals surface area contributed by atoms with E-state index in [9.17, 15) is 22.8 Å². The number of anilines is 1. The molecule has 3 heterocycles. The smallest absolute Gasteiger partial charge is 0.254 e. The largest absolute Gasteiger partial charge is 0.497 e. The minimum Gasteiger partial charge on any atom is -0.497 e. The van der Waals surface area contributed by atoms with E-state index in [0.717, 1.165) is 10.8 Å². The first-order chi connectivity index (χ1) is 23.3. The van der Waals surface area contributed by atoms with Gasteiger partial charge in [0.1, 0.15) is 23.4 Å². The minimum absolute atomic E-state index is 0.0956. The summed E-state index contributed by atoms with van der Waals surface area (Å²) in [6, 6.07) is 9.00. The number of benzene rings is 1. The molecule has 2 aromatic heterocycles. The van der Waals surface area contributed by atoms with Crippen LogP contribution in [0.2, 0.25) is 0 Å². The molecule has 3 amide bonds. The molecule has 3 aliphatic rings. The number of nitrogens with one attached hydrogen (secondary N) is 3. The van der Waals surface area contributed by atoms with E-state index in [1.807, 2.05) is 39.0 Å². The Morgan fingerprint density at radius 2 is 1.92 bits per heavy atom.